The summed E-state index contributed by atoms with van der Waals surface area (Å²) in [6.07, 6.45) is 2.84. The predicted octanol–water partition coefficient (Wildman–Crippen LogP) is 2.88. The number of allylic oxidation sites excluding steroid dienone is 1. The van der Waals surface area contributed by atoms with Gasteiger partial charge in [0.1, 0.15) is 5.82 Å². The highest BCUT2D eigenvalue weighted by Gasteiger charge is 2.20. The van der Waals surface area contributed by atoms with Gasteiger partial charge in [0.15, 0.2) is 0 Å². The molecule has 92 valence electrons. The zero-order chi connectivity index (χ0) is 12.4. The maximum atomic E-state index is 13.1. The number of hydrogen-bond donors (Lipinski definition) is 2. The molecule has 2 atom stereocenters. The SMILES string of the molecule is CC(C)=C[C@@H]1C[C@H](O)Cc2cc(F)ccc2N1. The van der Waals surface area contributed by atoms with Gasteiger partial charge in [-0.1, -0.05) is 11.6 Å². The van der Waals surface area contributed by atoms with Gasteiger partial charge in [-0.25, -0.2) is 4.39 Å². The van der Waals surface area contributed by atoms with Crippen molar-refractivity contribution in [3.05, 3.63) is 41.2 Å². The molecule has 0 amide bonds. The Bertz CT molecular complexity index is 438. The van der Waals surface area contributed by atoms with E-state index in [0.29, 0.717) is 12.8 Å². The molecule has 2 nitrogen and oxygen atoms in total. The summed E-state index contributed by atoms with van der Waals surface area (Å²) in [6, 6.07) is 4.80. The Kier molecular flexibility index (Phi) is 3.48. The number of aliphatic hydroxyl groups excluding tert-OH is 1. The van der Waals surface area contributed by atoms with Crippen LogP contribution in [0.1, 0.15) is 25.8 Å². The van der Waals surface area contributed by atoms with Gasteiger partial charge in [0.05, 0.1) is 6.10 Å². The Morgan fingerprint density at radius 2 is 2.24 bits per heavy atom. The Morgan fingerprint density at radius 3 is 2.94 bits per heavy atom. The number of nitrogens with one attached hydrogen (secondary N) is 1. The van der Waals surface area contributed by atoms with E-state index in [2.05, 4.69) is 11.4 Å². The predicted molar refractivity (Wildman–Crippen MR) is 67.6 cm³/mol. The largest absolute Gasteiger partial charge is 0.393 e. The first-order valence-corrected chi connectivity index (χ1v) is 5.92. The van der Waals surface area contributed by atoms with Crippen LogP contribution >= 0.6 is 0 Å². The van der Waals surface area contributed by atoms with Crippen LogP contribution in [0.3, 0.4) is 0 Å². The van der Waals surface area contributed by atoms with Crippen LogP contribution in [0.2, 0.25) is 0 Å². The van der Waals surface area contributed by atoms with Crippen molar-refractivity contribution >= 4 is 5.69 Å². The van der Waals surface area contributed by atoms with Crippen LogP contribution in [-0.4, -0.2) is 17.3 Å². The molecule has 1 aromatic carbocycles. The van der Waals surface area contributed by atoms with Gasteiger partial charge in [-0.2, -0.15) is 0 Å². The van der Waals surface area contributed by atoms with E-state index >= 15 is 0 Å². The monoisotopic (exact) mass is 235 g/mol. The molecule has 2 rings (SSSR count). The van der Waals surface area contributed by atoms with Gasteiger partial charge in [0.25, 0.3) is 0 Å². The van der Waals surface area contributed by atoms with Gasteiger partial charge in [0.2, 0.25) is 0 Å². The molecule has 1 aromatic rings. The van der Waals surface area contributed by atoms with Crippen LogP contribution in [0, 0.1) is 5.82 Å². The molecule has 0 bridgehead atoms. The molecule has 0 saturated carbocycles. The average molecular weight is 235 g/mol. The summed E-state index contributed by atoms with van der Waals surface area (Å²) in [5.41, 5.74) is 2.98. The molecule has 2 N–H and O–H groups in total. The van der Waals surface area contributed by atoms with E-state index in [9.17, 15) is 9.50 Å². The number of aliphatic hydroxyl groups is 1. The summed E-state index contributed by atoms with van der Waals surface area (Å²) in [7, 11) is 0. The molecular weight excluding hydrogens is 217 g/mol. The fraction of sp³-hybridized carbons (Fsp3) is 0.429. The van der Waals surface area contributed by atoms with Gasteiger partial charge in [-0.15, -0.1) is 0 Å². The molecular formula is C14H18FNO. The first-order chi connectivity index (χ1) is 8.04. The normalized spacial score (nSPS) is 23.3. The summed E-state index contributed by atoms with van der Waals surface area (Å²) in [5.74, 6) is -0.251. The second kappa shape index (κ2) is 4.88. The highest BCUT2D eigenvalue weighted by atomic mass is 19.1. The lowest BCUT2D eigenvalue weighted by Crippen LogP contribution is -2.21. The summed E-state index contributed by atoms with van der Waals surface area (Å²) < 4.78 is 13.1. The molecule has 0 aromatic heterocycles. The molecule has 0 radical (unpaired) electrons. The lowest BCUT2D eigenvalue weighted by Gasteiger charge is -2.16. The van der Waals surface area contributed by atoms with Gasteiger partial charge >= 0.3 is 0 Å². The lowest BCUT2D eigenvalue weighted by atomic mass is 10.0. The molecule has 1 heterocycles. The third-order valence-corrected chi connectivity index (χ3v) is 2.92. The first kappa shape index (κ1) is 12.1. The van der Waals surface area contributed by atoms with E-state index in [1.807, 2.05) is 13.8 Å². The maximum Gasteiger partial charge on any atom is 0.123 e. The zero-order valence-corrected chi connectivity index (χ0v) is 10.2. The lowest BCUT2D eigenvalue weighted by molar-refractivity contribution is 0.165. The molecule has 0 spiro atoms. The number of fused-ring (bicyclic) bond motifs is 1. The molecule has 1 aliphatic heterocycles. The van der Waals surface area contributed by atoms with Crippen LogP contribution in [0.5, 0.6) is 0 Å². The second-order valence-corrected chi connectivity index (χ2v) is 4.89. The van der Waals surface area contributed by atoms with E-state index < -0.39 is 6.10 Å². The quantitative estimate of drug-likeness (QED) is 0.734. The third-order valence-electron chi connectivity index (χ3n) is 2.92. The van der Waals surface area contributed by atoms with Crippen LogP contribution < -0.4 is 5.32 Å². The first-order valence-electron chi connectivity index (χ1n) is 5.92. The summed E-state index contributed by atoms with van der Waals surface area (Å²) >= 11 is 0. The van der Waals surface area contributed by atoms with Crippen molar-refractivity contribution in [3.63, 3.8) is 0 Å². The minimum absolute atomic E-state index is 0.113. The van der Waals surface area contributed by atoms with E-state index in [1.165, 1.54) is 17.7 Å². The van der Waals surface area contributed by atoms with Gasteiger partial charge in [0, 0.05) is 18.2 Å². The van der Waals surface area contributed by atoms with Crippen LogP contribution in [0.25, 0.3) is 0 Å². The smallest absolute Gasteiger partial charge is 0.123 e. The number of halogens is 1. The summed E-state index contributed by atoms with van der Waals surface area (Å²) in [4.78, 5) is 0. The number of rotatable bonds is 1. The second-order valence-electron chi connectivity index (χ2n) is 4.89. The van der Waals surface area contributed by atoms with Crippen molar-refractivity contribution in [2.75, 3.05) is 5.32 Å². The van der Waals surface area contributed by atoms with Crippen LogP contribution in [-0.2, 0) is 6.42 Å². The van der Waals surface area contributed by atoms with E-state index in [4.69, 9.17) is 0 Å². The van der Waals surface area contributed by atoms with Crippen molar-refractivity contribution < 1.29 is 9.50 Å². The fourth-order valence-corrected chi connectivity index (χ4v) is 2.27. The van der Waals surface area contributed by atoms with Crippen LogP contribution in [0.15, 0.2) is 29.8 Å². The highest BCUT2D eigenvalue weighted by molar-refractivity contribution is 5.54. The van der Waals surface area contributed by atoms with E-state index in [1.54, 1.807) is 6.07 Å². The topological polar surface area (TPSA) is 32.3 Å². The minimum Gasteiger partial charge on any atom is -0.393 e. The van der Waals surface area contributed by atoms with E-state index in [0.717, 1.165) is 11.3 Å². The van der Waals surface area contributed by atoms with Gasteiger partial charge in [-0.05, 0) is 44.0 Å². The fourth-order valence-electron chi connectivity index (χ4n) is 2.27. The molecule has 17 heavy (non-hydrogen) atoms. The molecule has 3 heteroatoms. The molecule has 0 aliphatic carbocycles. The zero-order valence-electron chi connectivity index (χ0n) is 10.2. The van der Waals surface area contributed by atoms with Crippen molar-refractivity contribution in [1.29, 1.82) is 0 Å². The Hall–Kier alpha value is -1.35. The number of benzene rings is 1. The summed E-state index contributed by atoms with van der Waals surface area (Å²) in [6.45, 7) is 4.06. The standard InChI is InChI=1S/C14H18FNO/c1-9(2)5-12-8-13(17)7-10-6-11(15)3-4-14(10)16-12/h3-6,12-13,16-17H,7-8H2,1-2H3/t12-,13-/m1/s1. The molecule has 0 fully saturated rings. The molecule has 0 saturated heterocycles. The Labute approximate surface area is 101 Å². The average Bonchev–Trinajstić information content (AvgIpc) is 2.34. The Morgan fingerprint density at radius 1 is 1.47 bits per heavy atom. The van der Waals surface area contributed by atoms with Crippen molar-refractivity contribution in [2.45, 2.75) is 38.8 Å². The van der Waals surface area contributed by atoms with Crippen molar-refractivity contribution in [1.82, 2.24) is 0 Å². The van der Waals surface area contributed by atoms with Gasteiger partial charge in [-0.3, -0.25) is 0 Å². The molecule has 1 aliphatic rings. The number of anilines is 1. The van der Waals surface area contributed by atoms with Crippen molar-refractivity contribution in [2.24, 2.45) is 0 Å². The summed E-state index contributed by atoms with van der Waals surface area (Å²) in [5, 5.41) is 13.3. The van der Waals surface area contributed by atoms with Gasteiger partial charge < -0.3 is 10.4 Å². The van der Waals surface area contributed by atoms with Crippen LogP contribution in [0.4, 0.5) is 10.1 Å². The number of hydrogen-bond acceptors (Lipinski definition) is 2. The third kappa shape index (κ3) is 3.07. The molecule has 0 unspecified atom stereocenters. The minimum atomic E-state index is -0.425. The maximum absolute atomic E-state index is 13.1. The van der Waals surface area contributed by atoms with E-state index in [-0.39, 0.29) is 11.9 Å². The Balaban J connectivity index is 2.30. The van der Waals surface area contributed by atoms with Crippen molar-refractivity contribution in [3.8, 4) is 0 Å². The highest BCUT2D eigenvalue weighted by Crippen LogP contribution is 2.25.